The largest absolute Gasteiger partial charge is 0.478 e. The van der Waals surface area contributed by atoms with Crippen LogP contribution in [0.25, 0.3) is 0 Å². The van der Waals surface area contributed by atoms with Crippen molar-refractivity contribution in [2.75, 3.05) is 6.61 Å². The molecule has 0 spiro atoms. The lowest BCUT2D eigenvalue weighted by molar-refractivity contribution is -0.132. The Kier molecular flexibility index (Phi) is 3.48. The number of ether oxygens (including phenoxy) is 1. The Balaban J connectivity index is 2.79. The molecule has 0 aromatic carbocycles. The number of aliphatic carboxylic acids is 1. The number of rotatable bonds is 3. The van der Waals surface area contributed by atoms with Crippen molar-refractivity contribution in [2.24, 2.45) is 0 Å². The second kappa shape index (κ2) is 4.42. The van der Waals surface area contributed by atoms with Gasteiger partial charge in [0.1, 0.15) is 0 Å². The zero-order chi connectivity index (χ0) is 9.84. The van der Waals surface area contributed by atoms with E-state index in [2.05, 4.69) is 0 Å². The molecule has 13 heavy (non-hydrogen) atoms. The molecule has 1 atom stereocenters. The maximum Gasteiger partial charge on any atom is 0.331 e. The topological polar surface area (TPSA) is 46.5 Å². The monoisotopic (exact) mass is 184 g/mol. The third-order valence-corrected chi connectivity index (χ3v) is 2.50. The molecule has 0 bridgehead atoms. The van der Waals surface area contributed by atoms with Gasteiger partial charge in [-0.05, 0) is 31.8 Å². The van der Waals surface area contributed by atoms with Crippen molar-refractivity contribution < 1.29 is 14.6 Å². The van der Waals surface area contributed by atoms with Crippen LogP contribution in [-0.2, 0) is 9.53 Å². The van der Waals surface area contributed by atoms with Crippen LogP contribution in [-0.4, -0.2) is 23.8 Å². The fourth-order valence-corrected chi connectivity index (χ4v) is 1.71. The van der Waals surface area contributed by atoms with Crippen LogP contribution in [0.3, 0.4) is 0 Å². The molecular formula is C10H16O3. The van der Waals surface area contributed by atoms with Crippen LogP contribution < -0.4 is 0 Å². The third-order valence-electron chi connectivity index (χ3n) is 2.50. The Morgan fingerprint density at radius 3 is 2.69 bits per heavy atom. The average Bonchev–Trinajstić information content (AvgIpc) is 2.56. The number of hydrogen-bond acceptors (Lipinski definition) is 2. The van der Waals surface area contributed by atoms with Crippen molar-refractivity contribution in [3.8, 4) is 0 Å². The maximum absolute atomic E-state index is 10.8. The number of carboxylic acids is 1. The lowest BCUT2D eigenvalue weighted by Gasteiger charge is -2.12. The molecule has 3 heteroatoms. The molecule has 1 unspecified atom stereocenters. The molecule has 1 aliphatic heterocycles. The standard InChI is InChI=1S/C10H16O3/c1-3-8(10(11)12)7(2)9-5-4-6-13-9/h9H,3-6H2,1-2H3,(H,11,12)/b8-7-. The highest BCUT2D eigenvalue weighted by Gasteiger charge is 2.21. The van der Waals surface area contributed by atoms with Crippen molar-refractivity contribution >= 4 is 5.97 Å². The Hall–Kier alpha value is -0.830. The zero-order valence-electron chi connectivity index (χ0n) is 8.17. The van der Waals surface area contributed by atoms with Gasteiger partial charge in [0.2, 0.25) is 0 Å². The normalized spacial score (nSPS) is 24.3. The van der Waals surface area contributed by atoms with E-state index >= 15 is 0 Å². The van der Waals surface area contributed by atoms with Crippen LogP contribution in [0.5, 0.6) is 0 Å². The smallest absolute Gasteiger partial charge is 0.331 e. The van der Waals surface area contributed by atoms with Crippen LogP contribution in [0.2, 0.25) is 0 Å². The van der Waals surface area contributed by atoms with Gasteiger partial charge in [-0.2, -0.15) is 0 Å². The Morgan fingerprint density at radius 2 is 2.31 bits per heavy atom. The van der Waals surface area contributed by atoms with E-state index in [-0.39, 0.29) is 6.10 Å². The van der Waals surface area contributed by atoms with E-state index in [1.807, 2.05) is 13.8 Å². The summed E-state index contributed by atoms with van der Waals surface area (Å²) < 4.78 is 5.43. The minimum absolute atomic E-state index is 0.0473. The Bertz CT molecular complexity index is 224. The predicted molar refractivity (Wildman–Crippen MR) is 49.6 cm³/mol. The predicted octanol–water partition coefficient (Wildman–Crippen LogP) is 1.98. The molecule has 0 aliphatic carbocycles. The van der Waals surface area contributed by atoms with Crippen molar-refractivity contribution in [1.29, 1.82) is 0 Å². The number of carbonyl (C=O) groups is 1. The van der Waals surface area contributed by atoms with Gasteiger partial charge in [0, 0.05) is 12.2 Å². The molecule has 0 aromatic heterocycles. The molecule has 74 valence electrons. The molecule has 1 heterocycles. The summed E-state index contributed by atoms with van der Waals surface area (Å²) in [6.45, 7) is 4.49. The first-order valence-corrected chi connectivity index (χ1v) is 4.71. The highest BCUT2D eigenvalue weighted by molar-refractivity contribution is 5.87. The highest BCUT2D eigenvalue weighted by Crippen LogP contribution is 2.23. The van der Waals surface area contributed by atoms with Gasteiger partial charge in [0.15, 0.2) is 0 Å². The highest BCUT2D eigenvalue weighted by atomic mass is 16.5. The molecule has 1 aliphatic rings. The van der Waals surface area contributed by atoms with Gasteiger partial charge in [0.05, 0.1) is 6.10 Å². The van der Waals surface area contributed by atoms with E-state index in [9.17, 15) is 4.79 Å². The summed E-state index contributed by atoms with van der Waals surface area (Å²) in [5.74, 6) is -0.810. The fraction of sp³-hybridized carbons (Fsp3) is 0.700. The summed E-state index contributed by atoms with van der Waals surface area (Å²) in [6.07, 6.45) is 2.62. The number of hydrogen-bond donors (Lipinski definition) is 1. The minimum Gasteiger partial charge on any atom is -0.478 e. The second-order valence-corrected chi connectivity index (χ2v) is 3.32. The first kappa shape index (κ1) is 10.3. The minimum atomic E-state index is -0.810. The summed E-state index contributed by atoms with van der Waals surface area (Å²) in [4.78, 5) is 10.8. The maximum atomic E-state index is 10.8. The van der Waals surface area contributed by atoms with E-state index in [0.29, 0.717) is 12.0 Å². The van der Waals surface area contributed by atoms with Gasteiger partial charge in [-0.3, -0.25) is 0 Å². The van der Waals surface area contributed by atoms with Crippen LogP contribution >= 0.6 is 0 Å². The molecule has 3 nitrogen and oxygen atoms in total. The summed E-state index contributed by atoms with van der Waals surface area (Å²) in [6, 6.07) is 0. The quantitative estimate of drug-likeness (QED) is 0.682. The van der Waals surface area contributed by atoms with Gasteiger partial charge < -0.3 is 9.84 Å². The summed E-state index contributed by atoms with van der Waals surface area (Å²) in [7, 11) is 0. The first-order valence-electron chi connectivity index (χ1n) is 4.71. The van der Waals surface area contributed by atoms with E-state index < -0.39 is 5.97 Å². The van der Waals surface area contributed by atoms with Gasteiger partial charge >= 0.3 is 5.97 Å². The van der Waals surface area contributed by atoms with Gasteiger partial charge in [-0.15, -0.1) is 0 Å². The van der Waals surface area contributed by atoms with Crippen molar-refractivity contribution in [2.45, 2.75) is 39.2 Å². The van der Waals surface area contributed by atoms with E-state index in [0.717, 1.165) is 25.0 Å². The fourth-order valence-electron chi connectivity index (χ4n) is 1.71. The average molecular weight is 184 g/mol. The van der Waals surface area contributed by atoms with Gasteiger partial charge in [-0.25, -0.2) is 4.79 Å². The molecule has 0 aromatic rings. The molecule has 1 N–H and O–H groups in total. The van der Waals surface area contributed by atoms with Gasteiger partial charge in [0.25, 0.3) is 0 Å². The SMILES string of the molecule is CC/C(C(=O)O)=C(\C)C1CCCO1. The molecule has 0 radical (unpaired) electrons. The van der Waals surface area contributed by atoms with Crippen molar-refractivity contribution in [1.82, 2.24) is 0 Å². The zero-order valence-corrected chi connectivity index (χ0v) is 8.17. The summed E-state index contributed by atoms with van der Waals surface area (Å²) in [5.41, 5.74) is 1.40. The second-order valence-electron chi connectivity index (χ2n) is 3.32. The molecule has 0 saturated carbocycles. The summed E-state index contributed by atoms with van der Waals surface area (Å²) >= 11 is 0. The van der Waals surface area contributed by atoms with Crippen LogP contribution in [0.4, 0.5) is 0 Å². The Morgan fingerprint density at radius 1 is 1.62 bits per heavy atom. The molecule has 1 rings (SSSR count). The molecule has 0 amide bonds. The van der Waals surface area contributed by atoms with E-state index in [4.69, 9.17) is 9.84 Å². The van der Waals surface area contributed by atoms with Crippen molar-refractivity contribution in [3.05, 3.63) is 11.1 Å². The van der Waals surface area contributed by atoms with E-state index in [1.165, 1.54) is 0 Å². The number of carboxylic acid groups (broad SMARTS) is 1. The Labute approximate surface area is 78.4 Å². The van der Waals surface area contributed by atoms with Gasteiger partial charge in [-0.1, -0.05) is 6.92 Å². The van der Waals surface area contributed by atoms with Crippen LogP contribution in [0.1, 0.15) is 33.1 Å². The van der Waals surface area contributed by atoms with Crippen molar-refractivity contribution in [3.63, 3.8) is 0 Å². The molecular weight excluding hydrogens is 168 g/mol. The first-order chi connectivity index (χ1) is 6.16. The molecule has 1 saturated heterocycles. The van der Waals surface area contributed by atoms with Crippen LogP contribution in [0.15, 0.2) is 11.1 Å². The van der Waals surface area contributed by atoms with E-state index in [1.54, 1.807) is 0 Å². The molecule has 1 fully saturated rings. The third kappa shape index (κ3) is 2.31. The lowest BCUT2D eigenvalue weighted by atomic mass is 10.0. The van der Waals surface area contributed by atoms with Crippen LogP contribution in [0, 0.1) is 0 Å². The summed E-state index contributed by atoms with van der Waals surface area (Å²) in [5, 5.41) is 8.89. The lowest BCUT2D eigenvalue weighted by Crippen LogP contribution is -2.13.